The van der Waals surface area contributed by atoms with E-state index in [0.717, 1.165) is 0 Å². The van der Waals surface area contributed by atoms with Crippen LogP contribution in [0.5, 0.6) is 0 Å². The monoisotopic (exact) mass is 262 g/mol. The molecule has 2 aromatic heterocycles. The predicted octanol–water partition coefficient (Wildman–Crippen LogP) is 0.114. The topological polar surface area (TPSA) is 78.2 Å². The predicted molar refractivity (Wildman–Crippen MR) is 66.9 cm³/mol. The Balaban J connectivity index is 2.21. The summed E-state index contributed by atoms with van der Waals surface area (Å²) in [5.41, 5.74) is 0.391. The number of rotatable bonds is 4. The third kappa shape index (κ3) is 2.65. The van der Waals surface area contributed by atoms with Gasteiger partial charge in [0, 0.05) is 19.4 Å². The summed E-state index contributed by atoms with van der Waals surface area (Å²) in [5.74, 6) is -0.241. The summed E-state index contributed by atoms with van der Waals surface area (Å²) >= 11 is 0. The fraction of sp³-hybridized carbons (Fsp3) is 0.250. The number of hydrogen-bond donors (Lipinski definition) is 1. The van der Waals surface area contributed by atoms with Crippen molar-refractivity contribution in [1.29, 1.82) is 0 Å². The van der Waals surface area contributed by atoms with Gasteiger partial charge in [0.15, 0.2) is 0 Å². The van der Waals surface area contributed by atoms with Gasteiger partial charge in [-0.05, 0) is 12.1 Å². The van der Waals surface area contributed by atoms with Crippen molar-refractivity contribution in [1.82, 2.24) is 19.7 Å². The first-order chi connectivity index (χ1) is 9.13. The fourth-order valence-corrected chi connectivity index (χ4v) is 1.69. The maximum absolute atomic E-state index is 12.0. The van der Waals surface area contributed by atoms with Crippen molar-refractivity contribution in [3.8, 4) is 5.82 Å². The van der Waals surface area contributed by atoms with Crippen LogP contribution in [0.25, 0.3) is 5.82 Å². The van der Waals surface area contributed by atoms with E-state index in [0.29, 0.717) is 11.4 Å². The maximum atomic E-state index is 12.0. The third-order valence-corrected chi connectivity index (χ3v) is 2.62. The summed E-state index contributed by atoms with van der Waals surface area (Å²) in [6.07, 6.45) is 5.09. The molecule has 0 bridgehead atoms. The normalized spacial score (nSPS) is 10.2. The van der Waals surface area contributed by atoms with Crippen LogP contribution in [0.15, 0.2) is 30.7 Å². The number of amides is 1. The van der Waals surface area contributed by atoms with Crippen molar-refractivity contribution in [3.05, 3.63) is 36.3 Å². The molecular weight excluding hydrogens is 248 g/mol. The van der Waals surface area contributed by atoms with Crippen LogP contribution in [-0.4, -0.2) is 39.9 Å². The molecule has 0 unspecified atom stereocenters. The minimum Gasteiger partial charge on any atom is -0.468 e. The van der Waals surface area contributed by atoms with Crippen molar-refractivity contribution < 1.29 is 14.3 Å². The van der Waals surface area contributed by atoms with E-state index in [-0.39, 0.29) is 12.5 Å². The van der Waals surface area contributed by atoms with Gasteiger partial charge < -0.3 is 14.6 Å². The van der Waals surface area contributed by atoms with Gasteiger partial charge in [0.1, 0.15) is 17.9 Å². The second kappa shape index (κ2) is 5.38. The van der Waals surface area contributed by atoms with Crippen LogP contribution >= 0.6 is 0 Å². The zero-order valence-electron chi connectivity index (χ0n) is 10.7. The minimum absolute atomic E-state index is 0.171. The Bertz CT molecular complexity index is 586. The molecule has 2 aromatic rings. The molecule has 0 aromatic carbocycles. The number of nitrogens with zero attached hydrogens (tertiary/aromatic N) is 3. The Morgan fingerprint density at radius 2 is 2.05 bits per heavy atom. The van der Waals surface area contributed by atoms with E-state index >= 15 is 0 Å². The average molecular weight is 262 g/mol. The van der Waals surface area contributed by atoms with Crippen LogP contribution in [0.3, 0.4) is 0 Å². The summed E-state index contributed by atoms with van der Waals surface area (Å²) < 4.78 is 7.83. The van der Waals surface area contributed by atoms with Crippen LogP contribution in [0, 0.1) is 0 Å². The summed E-state index contributed by atoms with van der Waals surface area (Å²) in [6.45, 7) is -0.171. The van der Waals surface area contributed by atoms with Gasteiger partial charge in [-0.25, -0.2) is 0 Å². The van der Waals surface area contributed by atoms with Gasteiger partial charge in [0.05, 0.1) is 13.3 Å². The smallest absolute Gasteiger partial charge is 0.325 e. The Morgan fingerprint density at radius 3 is 2.68 bits per heavy atom. The summed E-state index contributed by atoms with van der Waals surface area (Å²) in [6, 6.07) is 3.70. The van der Waals surface area contributed by atoms with Gasteiger partial charge in [-0.2, -0.15) is 5.10 Å². The highest BCUT2D eigenvalue weighted by Gasteiger charge is 2.17. The summed E-state index contributed by atoms with van der Waals surface area (Å²) in [5, 5.41) is 6.54. The van der Waals surface area contributed by atoms with Gasteiger partial charge in [0.2, 0.25) is 0 Å². The molecule has 0 aliphatic rings. The number of esters is 1. The first-order valence-electron chi connectivity index (χ1n) is 5.64. The second-order valence-electron chi connectivity index (χ2n) is 3.85. The van der Waals surface area contributed by atoms with Gasteiger partial charge in [-0.3, -0.25) is 14.3 Å². The quantitative estimate of drug-likeness (QED) is 0.793. The lowest BCUT2D eigenvalue weighted by Gasteiger charge is -2.07. The van der Waals surface area contributed by atoms with E-state index in [9.17, 15) is 9.59 Å². The number of carbonyl (C=O) groups is 2. The van der Waals surface area contributed by atoms with Crippen molar-refractivity contribution in [2.24, 2.45) is 7.05 Å². The number of aromatic nitrogens is 3. The number of aryl methyl sites for hydroxylation is 1. The highest BCUT2D eigenvalue weighted by molar-refractivity contribution is 5.98. The van der Waals surface area contributed by atoms with Crippen molar-refractivity contribution in [2.75, 3.05) is 13.7 Å². The first kappa shape index (κ1) is 12.9. The van der Waals surface area contributed by atoms with Crippen LogP contribution < -0.4 is 5.32 Å². The zero-order chi connectivity index (χ0) is 13.8. The molecule has 0 fully saturated rings. The molecule has 1 amide bonds. The van der Waals surface area contributed by atoms with Crippen molar-refractivity contribution in [2.45, 2.75) is 0 Å². The molecule has 0 radical (unpaired) electrons. The lowest BCUT2D eigenvalue weighted by atomic mass is 10.3. The van der Waals surface area contributed by atoms with E-state index in [1.54, 1.807) is 16.3 Å². The Kier molecular flexibility index (Phi) is 3.65. The van der Waals surface area contributed by atoms with Crippen LogP contribution in [0.2, 0.25) is 0 Å². The minimum atomic E-state index is -0.500. The van der Waals surface area contributed by atoms with Gasteiger partial charge in [-0.15, -0.1) is 0 Å². The third-order valence-electron chi connectivity index (χ3n) is 2.62. The molecule has 19 heavy (non-hydrogen) atoms. The number of methoxy groups -OCH3 is 1. The molecule has 0 aliphatic carbocycles. The van der Waals surface area contributed by atoms with Crippen molar-refractivity contribution in [3.63, 3.8) is 0 Å². The number of ether oxygens (including phenoxy) is 1. The Morgan fingerprint density at radius 1 is 1.37 bits per heavy atom. The van der Waals surface area contributed by atoms with E-state index in [4.69, 9.17) is 0 Å². The lowest BCUT2D eigenvalue weighted by molar-refractivity contribution is -0.139. The van der Waals surface area contributed by atoms with Crippen LogP contribution in [0.4, 0.5) is 0 Å². The Hall–Kier alpha value is -2.57. The SMILES string of the molecule is COC(=O)CNC(=O)c1cnn(C)c1-n1cccc1. The fourth-order valence-electron chi connectivity index (χ4n) is 1.69. The molecule has 100 valence electrons. The molecule has 0 aliphatic heterocycles. The average Bonchev–Trinajstić information content (AvgIpc) is 3.04. The largest absolute Gasteiger partial charge is 0.468 e. The maximum Gasteiger partial charge on any atom is 0.325 e. The van der Waals surface area contributed by atoms with Gasteiger partial charge >= 0.3 is 5.97 Å². The summed E-state index contributed by atoms with van der Waals surface area (Å²) in [7, 11) is 3.01. The summed E-state index contributed by atoms with van der Waals surface area (Å²) in [4.78, 5) is 23.0. The first-order valence-corrected chi connectivity index (χ1v) is 5.64. The van der Waals surface area contributed by atoms with Crippen LogP contribution in [-0.2, 0) is 16.6 Å². The molecule has 7 nitrogen and oxygen atoms in total. The van der Waals surface area contributed by atoms with E-state index < -0.39 is 5.97 Å². The van der Waals surface area contributed by atoms with E-state index in [2.05, 4.69) is 15.2 Å². The molecule has 0 atom stereocenters. The molecule has 0 saturated carbocycles. The number of nitrogens with one attached hydrogen (secondary N) is 1. The molecule has 0 spiro atoms. The Labute approximate surface area is 109 Å². The molecular formula is C12H14N4O3. The zero-order valence-corrected chi connectivity index (χ0v) is 10.7. The molecule has 1 N–H and O–H groups in total. The molecule has 2 rings (SSSR count). The van der Waals surface area contributed by atoms with Crippen molar-refractivity contribution >= 4 is 11.9 Å². The number of hydrogen-bond acceptors (Lipinski definition) is 4. The molecule has 7 heteroatoms. The standard InChI is InChI=1S/C12H14N4O3/c1-15-12(16-5-3-4-6-16)9(7-14-15)11(18)13-8-10(17)19-2/h3-7H,8H2,1-2H3,(H,13,18). The van der Waals surface area contributed by atoms with Gasteiger partial charge in [0.25, 0.3) is 5.91 Å². The number of carbonyl (C=O) groups excluding carboxylic acids is 2. The van der Waals surface area contributed by atoms with Gasteiger partial charge in [-0.1, -0.05) is 0 Å². The molecule has 0 saturated heterocycles. The molecule has 2 heterocycles. The highest BCUT2D eigenvalue weighted by atomic mass is 16.5. The van der Waals surface area contributed by atoms with Crippen LogP contribution in [0.1, 0.15) is 10.4 Å². The second-order valence-corrected chi connectivity index (χ2v) is 3.85. The van der Waals surface area contributed by atoms with E-state index in [1.165, 1.54) is 13.3 Å². The van der Waals surface area contributed by atoms with E-state index in [1.807, 2.05) is 24.5 Å². The highest BCUT2D eigenvalue weighted by Crippen LogP contribution is 2.13. The lowest BCUT2D eigenvalue weighted by Crippen LogP contribution is -2.30.